The Labute approximate surface area is 185 Å². The summed E-state index contributed by atoms with van der Waals surface area (Å²) in [7, 11) is 0. The number of likely N-dealkylation sites (tertiary alicyclic amines) is 1. The van der Waals surface area contributed by atoms with Crippen LogP contribution in [0.4, 0.5) is 5.69 Å². The van der Waals surface area contributed by atoms with Crippen LogP contribution < -0.4 is 15.4 Å². The van der Waals surface area contributed by atoms with Gasteiger partial charge in [0.15, 0.2) is 0 Å². The minimum atomic E-state index is -0.314. The summed E-state index contributed by atoms with van der Waals surface area (Å²) in [5, 5.41) is 6.36. The van der Waals surface area contributed by atoms with Crippen LogP contribution in [0.1, 0.15) is 39.2 Å². The molecule has 166 valence electrons. The van der Waals surface area contributed by atoms with Gasteiger partial charge >= 0.3 is 0 Å². The molecule has 2 amide bonds. The van der Waals surface area contributed by atoms with E-state index in [1.54, 1.807) is 0 Å². The average Bonchev–Trinajstić information content (AvgIpc) is 2.79. The Morgan fingerprint density at radius 3 is 2.26 bits per heavy atom. The van der Waals surface area contributed by atoms with E-state index in [0.717, 1.165) is 42.9 Å². The Kier molecular flexibility index (Phi) is 8.06. The number of ether oxygens (including phenoxy) is 1. The second-order valence-electron chi connectivity index (χ2n) is 8.43. The molecular formula is C25H33N3O3. The number of hydrogen-bond donors (Lipinski definition) is 2. The maximum Gasteiger partial charge on any atom is 0.241 e. The van der Waals surface area contributed by atoms with E-state index in [0.29, 0.717) is 6.61 Å². The van der Waals surface area contributed by atoms with Crippen LogP contribution in [0, 0.1) is 5.92 Å². The van der Waals surface area contributed by atoms with Gasteiger partial charge in [0.05, 0.1) is 6.04 Å². The van der Waals surface area contributed by atoms with Gasteiger partial charge in [0.2, 0.25) is 11.8 Å². The van der Waals surface area contributed by atoms with Gasteiger partial charge in [0, 0.05) is 30.7 Å². The Morgan fingerprint density at radius 2 is 1.65 bits per heavy atom. The van der Waals surface area contributed by atoms with Crippen molar-refractivity contribution in [1.29, 1.82) is 0 Å². The van der Waals surface area contributed by atoms with Gasteiger partial charge in [-0.25, -0.2) is 0 Å². The summed E-state index contributed by atoms with van der Waals surface area (Å²) in [5.41, 5.74) is 1.85. The van der Waals surface area contributed by atoms with Gasteiger partial charge in [-0.3, -0.25) is 9.59 Å². The predicted octanol–water partition coefficient (Wildman–Crippen LogP) is 3.83. The standard InChI is InChI=1S/C25H33N3O3/c1-18(2)25(30)28-15-13-22(14-16-28)26-19(3)24(29)27-21-9-11-23(12-10-21)31-17-20-7-5-4-6-8-20/h4-12,18-19,22,26H,13-17H2,1-3H3,(H,27,29). The average molecular weight is 424 g/mol. The van der Waals surface area contributed by atoms with Crippen LogP contribution in [0.15, 0.2) is 54.6 Å². The molecule has 1 fully saturated rings. The summed E-state index contributed by atoms with van der Waals surface area (Å²) in [6.45, 7) is 7.73. The monoisotopic (exact) mass is 423 g/mol. The Hall–Kier alpha value is -2.86. The van der Waals surface area contributed by atoms with Crippen LogP contribution in [0.3, 0.4) is 0 Å². The zero-order chi connectivity index (χ0) is 22.2. The first-order valence-electron chi connectivity index (χ1n) is 11.0. The lowest BCUT2D eigenvalue weighted by Gasteiger charge is -2.34. The molecule has 0 bridgehead atoms. The molecule has 0 radical (unpaired) electrons. The number of carbonyl (C=O) groups is 2. The first-order valence-corrected chi connectivity index (χ1v) is 11.0. The van der Waals surface area contributed by atoms with E-state index in [2.05, 4.69) is 10.6 Å². The van der Waals surface area contributed by atoms with Crippen molar-refractivity contribution in [1.82, 2.24) is 10.2 Å². The van der Waals surface area contributed by atoms with Crippen LogP contribution in [0.25, 0.3) is 0 Å². The van der Waals surface area contributed by atoms with Crippen molar-refractivity contribution < 1.29 is 14.3 Å². The Bertz CT molecular complexity index is 844. The van der Waals surface area contributed by atoms with Gasteiger partial charge in [-0.15, -0.1) is 0 Å². The third kappa shape index (κ3) is 6.82. The summed E-state index contributed by atoms with van der Waals surface area (Å²) < 4.78 is 5.79. The molecule has 1 saturated heterocycles. The highest BCUT2D eigenvalue weighted by Gasteiger charge is 2.26. The van der Waals surface area contributed by atoms with Crippen LogP contribution in [0.5, 0.6) is 5.75 Å². The summed E-state index contributed by atoms with van der Waals surface area (Å²) in [6.07, 6.45) is 1.73. The number of hydrogen-bond acceptors (Lipinski definition) is 4. The fourth-order valence-electron chi connectivity index (χ4n) is 3.69. The lowest BCUT2D eigenvalue weighted by Crippen LogP contribution is -2.50. The van der Waals surface area contributed by atoms with E-state index in [-0.39, 0.29) is 29.8 Å². The van der Waals surface area contributed by atoms with E-state index in [1.165, 1.54) is 0 Å². The molecule has 6 nitrogen and oxygen atoms in total. The Balaban J connectivity index is 1.42. The van der Waals surface area contributed by atoms with E-state index in [1.807, 2.05) is 80.3 Å². The summed E-state index contributed by atoms with van der Waals surface area (Å²) in [4.78, 5) is 26.6. The number of amides is 2. The summed E-state index contributed by atoms with van der Waals surface area (Å²) >= 11 is 0. The van der Waals surface area contributed by atoms with E-state index in [9.17, 15) is 9.59 Å². The lowest BCUT2D eigenvalue weighted by atomic mass is 10.0. The molecule has 1 heterocycles. The molecule has 1 atom stereocenters. The molecule has 0 spiro atoms. The van der Waals surface area contributed by atoms with Crippen molar-refractivity contribution in [3.05, 3.63) is 60.2 Å². The summed E-state index contributed by atoms with van der Waals surface area (Å²) in [6, 6.07) is 17.3. The molecule has 0 aromatic heterocycles. The SMILES string of the molecule is CC(C)C(=O)N1CCC(NC(C)C(=O)Nc2ccc(OCc3ccccc3)cc2)CC1. The molecule has 2 aromatic carbocycles. The quantitative estimate of drug-likeness (QED) is 0.677. The number of anilines is 1. The molecule has 2 N–H and O–H groups in total. The van der Waals surface area contributed by atoms with Gasteiger partial charge in [-0.2, -0.15) is 0 Å². The highest BCUT2D eigenvalue weighted by atomic mass is 16.5. The molecule has 1 aliphatic rings. The molecule has 6 heteroatoms. The van der Waals surface area contributed by atoms with Gasteiger partial charge in [0.25, 0.3) is 0 Å². The van der Waals surface area contributed by atoms with Gasteiger partial charge in [0.1, 0.15) is 12.4 Å². The fourth-order valence-corrected chi connectivity index (χ4v) is 3.69. The second-order valence-corrected chi connectivity index (χ2v) is 8.43. The predicted molar refractivity (Wildman–Crippen MR) is 123 cm³/mol. The van der Waals surface area contributed by atoms with Crippen molar-refractivity contribution in [2.75, 3.05) is 18.4 Å². The summed E-state index contributed by atoms with van der Waals surface area (Å²) in [5.74, 6) is 0.930. The number of nitrogens with one attached hydrogen (secondary N) is 2. The third-order valence-electron chi connectivity index (χ3n) is 5.55. The second kappa shape index (κ2) is 11.0. The molecule has 0 aliphatic carbocycles. The third-order valence-corrected chi connectivity index (χ3v) is 5.55. The maximum absolute atomic E-state index is 12.6. The highest BCUT2D eigenvalue weighted by molar-refractivity contribution is 5.94. The zero-order valence-corrected chi connectivity index (χ0v) is 18.6. The number of benzene rings is 2. The van der Waals surface area contributed by atoms with Crippen LogP contribution in [0.2, 0.25) is 0 Å². The van der Waals surface area contributed by atoms with Crippen molar-refractivity contribution in [3.8, 4) is 5.75 Å². The lowest BCUT2D eigenvalue weighted by molar-refractivity contribution is -0.135. The molecule has 31 heavy (non-hydrogen) atoms. The van der Waals surface area contributed by atoms with Crippen LogP contribution in [-0.2, 0) is 16.2 Å². The minimum Gasteiger partial charge on any atom is -0.489 e. The number of nitrogens with zero attached hydrogens (tertiary/aromatic N) is 1. The van der Waals surface area contributed by atoms with Crippen molar-refractivity contribution in [2.24, 2.45) is 5.92 Å². The van der Waals surface area contributed by atoms with Crippen LogP contribution >= 0.6 is 0 Å². The van der Waals surface area contributed by atoms with Crippen molar-refractivity contribution >= 4 is 17.5 Å². The molecule has 2 aromatic rings. The maximum atomic E-state index is 12.6. The number of piperidine rings is 1. The Morgan fingerprint density at radius 1 is 1.00 bits per heavy atom. The van der Waals surface area contributed by atoms with Gasteiger partial charge in [-0.05, 0) is 49.6 Å². The number of rotatable bonds is 8. The highest BCUT2D eigenvalue weighted by Crippen LogP contribution is 2.18. The van der Waals surface area contributed by atoms with Gasteiger partial charge in [-0.1, -0.05) is 44.2 Å². The minimum absolute atomic E-state index is 0.0318. The van der Waals surface area contributed by atoms with E-state index >= 15 is 0 Å². The smallest absolute Gasteiger partial charge is 0.241 e. The molecular weight excluding hydrogens is 390 g/mol. The van der Waals surface area contributed by atoms with E-state index in [4.69, 9.17) is 4.74 Å². The number of carbonyl (C=O) groups excluding carboxylic acids is 2. The van der Waals surface area contributed by atoms with E-state index < -0.39 is 0 Å². The first-order chi connectivity index (χ1) is 14.9. The first kappa shape index (κ1) is 22.8. The molecule has 1 aliphatic heterocycles. The largest absolute Gasteiger partial charge is 0.489 e. The molecule has 3 rings (SSSR count). The zero-order valence-electron chi connectivity index (χ0n) is 18.6. The van der Waals surface area contributed by atoms with Gasteiger partial charge < -0.3 is 20.3 Å². The van der Waals surface area contributed by atoms with Crippen LogP contribution in [-0.4, -0.2) is 41.9 Å². The normalized spacial score (nSPS) is 15.5. The van der Waals surface area contributed by atoms with Crippen molar-refractivity contribution in [3.63, 3.8) is 0 Å². The van der Waals surface area contributed by atoms with Crippen molar-refractivity contribution in [2.45, 2.75) is 52.3 Å². The fraction of sp³-hybridized carbons (Fsp3) is 0.440. The molecule has 0 saturated carbocycles. The topological polar surface area (TPSA) is 70.7 Å². The molecule has 1 unspecified atom stereocenters.